The lowest BCUT2D eigenvalue weighted by molar-refractivity contribution is 0.360. The van der Waals surface area contributed by atoms with E-state index in [0.717, 1.165) is 14.5 Å². The number of thiocarbonyl (C=S) groups is 1. The number of hydrazone groups is 1. The van der Waals surface area contributed by atoms with E-state index in [4.69, 9.17) is 10.5 Å². The standard InChI is InChI=1S/C11H11Br2N3OS/c1-2-3-17-10-7(6-15-16-11(14)18)4-8(12)5-9(10)13/h2,4-6H,1,3H2,(H3,14,16,18)/b15-6+. The van der Waals surface area contributed by atoms with E-state index in [-0.39, 0.29) is 5.11 Å². The van der Waals surface area contributed by atoms with Crippen LogP contribution in [0.3, 0.4) is 0 Å². The van der Waals surface area contributed by atoms with Crippen LogP contribution in [0.5, 0.6) is 5.75 Å². The van der Waals surface area contributed by atoms with Gasteiger partial charge in [-0.2, -0.15) is 5.10 Å². The van der Waals surface area contributed by atoms with Crippen LogP contribution in [0, 0.1) is 0 Å². The van der Waals surface area contributed by atoms with Gasteiger partial charge in [-0.15, -0.1) is 0 Å². The molecule has 4 nitrogen and oxygen atoms in total. The summed E-state index contributed by atoms with van der Waals surface area (Å²) in [4.78, 5) is 0. The Kier molecular flexibility index (Phi) is 6.31. The lowest BCUT2D eigenvalue weighted by atomic mass is 10.2. The fourth-order valence-electron chi connectivity index (χ4n) is 1.14. The number of hydrogen-bond acceptors (Lipinski definition) is 3. The summed E-state index contributed by atoms with van der Waals surface area (Å²) < 4.78 is 7.28. The molecular formula is C11H11Br2N3OS. The molecule has 0 bridgehead atoms. The number of rotatable bonds is 5. The summed E-state index contributed by atoms with van der Waals surface area (Å²) in [6.45, 7) is 4.02. The lowest BCUT2D eigenvalue weighted by Gasteiger charge is -2.10. The Morgan fingerprint density at radius 3 is 2.89 bits per heavy atom. The summed E-state index contributed by atoms with van der Waals surface area (Å²) in [6, 6.07) is 3.75. The molecule has 0 spiro atoms. The minimum absolute atomic E-state index is 0.105. The highest BCUT2D eigenvalue weighted by Gasteiger charge is 2.08. The predicted octanol–water partition coefficient (Wildman–Crippen LogP) is 2.94. The van der Waals surface area contributed by atoms with Crippen LogP contribution in [0.25, 0.3) is 0 Å². The van der Waals surface area contributed by atoms with Crippen LogP contribution in [0.15, 0.2) is 38.8 Å². The minimum atomic E-state index is 0.105. The number of nitrogens with zero attached hydrogens (tertiary/aromatic N) is 1. The quantitative estimate of drug-likeness (QED) is 0.350. The predicted molar refractivity (Wildman–Crippen MR) is 85.0 cm³/mol. The van der Waals surface area contributed by atoms with Crippen molar-refractivity contribution in [3.8, 4) is 5.75 Å². The molecule has 0 aliphatic rings. The van der Waals surface area contributed by atoms with Crippen LogP contribution in [-0.2, 0) is 0 Å². The number of ether oxygens (including phenoxy) is 1. The molecule has 1 aromatic rings. The van der Waals surface area contributed by atoms with Crippen LogP contribution in [0.1, 0.15) is 5.56 Å². The maximum absolute atomic E-state index is 5.56. The molecule has 0 heterocycles. The molecule has 0 unspecified atom stereocenters. The number of halogens is 2. The Morgan fingerprint density at radius 1 is 1.56 bits per heavy atom. The number of benzene rings is 1. The molecule has 96 valence electrons. The third kappa shape index (κ3) is 4.75. The Labute approximate surface area is 128 Å². The molecule has 7 heteroatoms. The zero-order valence-corrected chi connectivity index (χ0v) is 13.3. The Morgan fingerprint density at radius 2 is 2.28 bits per heavy atom. The van der Waals surface area contributed by atoms with Gasteiger partial charge in [-0.3, -0.25) is 5.43 Å². The molecular weight excluding hydrogens is 382 g/mol. The van der Waals surface area contributed by atoms with Gasteiger partial charge in [-0.05, 0) is 40.3 Å². The van der Waals surface area contributed by atoms with Gasteiger partial charge in [0.1, 0.15) is 12.4 Å². The van der Waals surface area contributed by atoms with Gasteiger partial charge in [-0.25, -0.2) is 0 Å². The van der Waals surface area contributed by atoms with Crippen LogP contribution in [0.2, 0.25) is 0 Å². The van der Waals surface area contributed by atoms with Crippen molar-refractivity contribution in [2.45, 2.75) is 0 Å². The highest BCUT2D eigenvalue weighted by atomic mass is 79.9. The zero-order valence-electron chi connectivity index (χ0n) is 9.32. The van der Waals surface area contributed by atoms with E-state index in [1.165, 1.54) is 0 Å². The van der Waals surface area contributed by atoms with Crippen molar-refractivity contribution in [1.29, 1.82) is 0 Å². The van der Waals surface area contributed by atoms with Crippen molar-refractivity contribution in [2.75, 3.05) is 6.61 Å². The Balaban J connectivity index is 3.02. The largest absolute Gasteiger partial charge is 0.488 e. The molecule has 0 aromatic heterocycles. The Hall–Kier alpha value is -0.920. The van der Waals surface area contributed by atoms with Gasteiger partial charge in [0.25, 0.3) is 0 Å². The highest BCUT2D eigenvalue weighted by molar-refractivity contribution is 9.11. The third-order valence-corrected chi connectivity index (χ3v) is 2.90. The molecule has 0 saturated carbocycles. The highest BCUT2D eigenvalue weighted by Crippen LogP contribution is 2.32. The Bertz CT molecular complexity index is 491. The van der Waals surface area contributed by atoms with Crippen LogP contribution in [-0.4, -0.2) is 17.9 Å². The normalized spacial score (nSPS) is 10.3. The second kappa shape index (κ2) is 7.50. The van der Waals surface area contributed by atoms with Gasteiger partial charge in [0, 0.05) is 10.0 Å². The topological polar surface area (TPSA) is 59.6 Å². The number of hydrogen-bond donors (Lipinski definition) is 2. The second-order valence-electron chi connectivity index (χ2n) is 3.14. The summed E-state index contributed by atoms with van der Waals surface area (Å²) in [5.41, 5.74) is 8.55. The average molecular weight is 393 g/mol. The van der Waals surface area contributed by atoms with Gasteiger partial charge in [-0.1, -0.05) is 28.6 Å². The van der Waals surface area contributed by atoms with Crippen molar-refractivity contribution in [3.05, 3.63) is 39.3 Å². The van der Waals surface area contributed by atoms with Crippen molar-refractivity contribution in [1.82, 2.24) is 5.43 Å². The number of nitrogens with two attached hydrogens (primary N) is 1. The van der Waals surface area contributed by atoms with Gasteiger partial charge >= 0.3 is 0 Å². The number of nitrogens with one attached hydrogen (secondary N) is 1. The van der Waals surface area contributed by atoms with E-state index in [0.29, 0.717) is 12.4 Å². The fourth-order valence-corrected chi connectivity index (χ4v) is 2.56. The maximum atomic E-state index is 5.56. The molecule has 0 atom stereocenters. The van der Waals surface area contributed by atoms with E-state index in [2.05, 4.69) is 61.2 Å². The van der Waals surface area contributed by atoms with Crippen molar-refractivity contribution in [2.24, 2.45) is 10.8 Å². The molecule has 0 aliphatic carbocycles. The van der Waals surface area contributed by atoms with Crippen LogP contribution < -0.4 is 15.9 Å². The molecule has 18 heavy (non-hydrogen) atoms. The monoisotopic (exact) mass is 391 g/mol. The molecule has 3 N–H and O–H groups in total. The third-order valence-electron chi connectivity index (χ3n) is 1.76. The van der Waals surface area contributed by atoms with E-state index >= 15 is 0 Å². The lowest BCUT2D eigenvalue weighted by Crippen LogP contribution is -2.24. The maximum Gasteiger partial charge on any atom is 0.184 e. The molecule has 1 aromatic carbocycles. The van der Waals surface area contributed by atoms with Crippen LogP contribution in [0.4, 0.5) is 0 Å². The van der Waals surface area contributed by atoms with E-state index in [9.17, 15) is 0 Å². The van der Waals surface area contributed by atoms with Gasteiger partial charge in [0.05, 0.1) is 10.7 Å². The molecule has 0 radical (unpaired) electrons. The van der Waals surface area contributed by atoms with Crippen molar-refractivity contribution in [3.63, 3.8) is 0 Å². The first kappa shape index (κ1) is 15.1. The summed E-state index contributed by atoms with van der Waals surface area (Å²) in [5, 5.41) is 4.01. The first-order chi connectivity index (χ1) is 8.54. The SMILES string of the molecule is C=CCOc1c(Br)cc(Br)cc1/C=N/NC(N)=S. The summed E-state index contributed by atoms with van der Waals surface area (Å²) in [7, 11) is 0. The molecule has 0 aliphatic heterocycles. The smallest absolute Gasteiger partial charge is 0.184 e. The van der Waals surface area contributed by atoms with Gasteiger partial charge < -0.3 is 10.5 Å². The first-order valence-electron chi connectivity index (χ1n) is 4.86. The van der Waals surface area contributed by atoms with E-state index in [1.807, 2.05) is 12.1 Å². The van der Waals surface area contributed by atoms with E-state index < -0.39 is 0 Å². The van der Waals surface area contributed by atoms with Crippen molar-refractivity contribution < 1.29 is 4.74 Å². The minimum Gasteiger partial charge on any atom is -0.488 e. The second-order valence-corrected chi connectivity index (χ2v) is 5.35. The molecule has 1 rings (SSSR count). The van der Waals surface area contributed by atoms with Gasteiger partial charge in [0.2, 0.25) is 0 Å². The molecule has 0 fully saturated rings. The van der Waals surface area contributed by atoms with Crippen LogP contribution >= 0.6 is 44.1 Å². The van der Waals surface area contributed by atoms with Gasteiger partial charge in [0.15, 0.2) is 5.11 Å². The van der Waals surface area contributed by atoms with Crippen molar-refractivity contribution >= 4 is 55.4 Å². The summed E-state index contributed by atoms with van der Waals surface area (Å²) in [6.07, 6.45) is 3.25. The fraction of sp³-hybridized carbons (Fsp3) is 0.0909. The first-order valence-corrected chi connectivity index (χ1v) is 6.85. The summed E-state index contributed by atoms with van der Waals surface area (Å²) >= 11 is 11.5. The zero-order chi connectivity index (χ0) is 13.5. The average Bonchev–Trinajstić information content (AvgIpc) is 2.27. The molecule has 0 saturated heterocycles. The van der Waals surface area contributed by atoms with E-state index in [1.54, 1.807) is 12.3 Å². The summed E-state index contributed by atoms with van der Waals surface area (Å²) in [5.74, 6) is 0.673. The molecule has 0 amide bonds.